The molecule has 2 aromatic carbocycles. The molecule has 0 aliphatic carbocycles. The molecule has 190 valence electrons. The minimum atomic E-state index is -4.11. The van der Waals surface area contributed by atoms with Crippen LogP contribution in [0.2, 0.25) is 0 Å². The van der Waals surface area contributed by atoms with Crippen molar-refractivity contribution in [3.8, 4) is 5.75 Å². The SMILES string of the molecule is C[C@H](COc1ccc(S(=O)(=O)C2(C(=O)NO)CCOCC2)cc1)NC(=O)c1ccc(N(C)C)cc1. The number of hydroxylamine groups is 1. The van der Waals surface area contributed by atoms with Crippen LogP contribution < -0.4 is 20.4 Å². The molecular weight excluding hydrogens is 474 g/mol. The summed E-state index contributed by atoms with van der Waals surface area (Å²) < 4.78 is 35.7. The second-order valence-electron chi connectivity index (χ2n) is 8.65. The molecule has 2 amide bonds. The highest BCUT2D eigenvalue weighted by molar-refractivity contribution is 7.93. The highest BCUT2D eigenvalue weighted by atomic mass is 32.2. The van der Waals surface area contributed by atoms with Crippen LogP contribution in [0.3, 0.4) is 0 Å². The van der Waals surface area contributed by atoms with E-state index < -0.39 is 20.5 Å². The Morgan fingerprint density at radius 2 is 1.69 bits per heavy atom. The van der Waals surface area contributed by atoms with E-state index in [4.69, 9.17) is 14.7 Å². The third kappa shape index (κ3) is 5.75. The lowest BCUT2D eigenvalue weighted by Crippen LogP contribution is -2.54. The summed E-state index contributed by atoms with van der Waals surface area (Å²) in [5.41, 5.74) is 3.02. The van der Waals surface area contributed by atoms with Crippen molar-refractivity contribution >= 4 is 27.3 Å². The van der Waals surface area contributed by atoms with Gasteiger partial charge in [-0.25, -0.2) is 13.9 Å². The lowest BCUT2D eigenvalue weighted by atomic mass is 9.98. The molecular formula is C24H31N3O7S. The van der Waals surface area contributed by atoms with Crippen molar-refractivity contribution in [3.63, 3.8) is 0 Å². The molecule has 1 saturated heterocycles. The van der Waals surface area contributed by atoms with Crippen molar-refractivity contribution in [1.29, 1.82) is 0 Å². The summed E-state index contributed by atoms with van der Waals surface area (Å²) in [7, 11) is -0.262. The Hall–Kier alpha value is -3.15. The van der Waals surface area contributed by atoms with Gasteiger partial charge in [-0.3, -0.25) is 14.8 Å². The smallest absolute Gasteiger partial charge is 0.265 e. The number of rotatable bonds is 9. The maximum Gasteiger partial charge on any atom is 0.265 e. The highest BCUT2D eigenvalue weighted by Gasteiger charge is 2.52. The Balaban J connectivity index is 1.61. The first-order valence-corrected chi connectivity index (χ1v) is 12.7. The molecule has 0 radical (unpaired) electrons. The van der Waals surface area contributed by atoms with Gasteiger partial charge in [0.2, 0.25) is 0 Å². The van der Waals surface area contributed by atoms with Crippen LogP contribution in [0.4, 0.5) is 5.69 Å². The van der Waals surface area contributed by atoms with Crippen LogP contribution in [-0.2, 0) is 19.4 Å². The van der Waals surface area contributed by atoms with Crippen molar-refractivity contribution in [2.75, 3.05) is 38.8 Å². The lowest BCUT2D eigenvalue weighted by molar-refractivity contribution is -0.134. The van der Waals surface area contributed by atoms with E-state index in [1.807, 2.05) is 31.1 Å². The summed E-state index contributed by atoms with van der Waals surface area (Å²) in [4.78, 5) is 26.7. The maximum atomic E-state index is 13.3. The zero-order valence-electron chi connectivity index (χ0n) is 20.0. The van der Waals surface area contributed by atoms with E-state index in [0.717, 1.165) is 5.69 Å². The number of ether oxygens (including phenoxy) is 2. The van der Waals surface area contributed by atoms with Gasteiger partial charge in [0.1, 0.15) is 12.4 Å². The molecule has 35 heavy (non-hydrogen) atoms. The highest BCUT2D eigenvalue weighted by Crippen LogP contribution is 2.35. The van der Waals surface area contributed by atoms with Crippen LogP contribution in [0.25, 0.3) is 0 Å². The quantitative estimate of drug-likeness (QED) is 0.347. The van der Waals surface area contributed by atoms with Crippen LogP contribution in [0.5, 0.6) is 5.75 Å². The first-order valence-electron chi connectivity index (χ1n) is 11.2. The van der Waals surface area contributed by atoms with Gasteiger partial charge in [0.05, 0.1) is 10.9 Å². The third-order valence-electron chi connectivity index (χ3n) is 5.99. The molecule has 3 N–H and O–H groups in total. The van der Waals surface area contributed by atoms with Crippen molar-refractivity contribution in [2.24, 2.45) is 0 Å². The van der Waals surface area contributed by atoms with Crippen molar-refractivity contribution in [3.05, 3.63) is 54.1 Å². The molecule has 0 bridgehead atoms. The number of hydrogen-bond acceptors (Lipinski definition) is 8. The monoisotopic (exact) mass is 505 g/mol. The molecule has 1 aliphatic rings. The topological polar surface area (TPSA) is 134 Å². The lowest BCUT2D eigenvalue weighted by Gasteiger charge is -2.34. The summed E-state index contributed by atoms with van der Waals surface area (Å²) in [6.07, 6.45) is -0.121. The van der Waals surface area contributed by atoms with Gasteiger partial charge in [-0.15, -0.1) is 0 Å². The molecule has 2 aromatic rings. The molecule has 0 unspecified atom stereocenters. The van der Waals surface area contributed by atoms with Gasteiger partial charge in [0.15, 0.2) is 14.6 Å². The van der Waals surface area contributed by atoms with E-state index in [2.05, 4.69) is 5.32 Å². The number of amides is 2. The fourth-order valence-corrected chi connectivity index (χ4v) is 5.78. The zero-order chi connectivity index (χ0) is 25.6. The molecule has 0 saturated carbocycles. The van der Waals surface area contributed by atoms with Crippen LogP contribution >= 0.6 is 0 Å². The first-order chi connectivity index (χ1) is 16.6. The number of hydrogen-bond donors (Lipinski definition) is 3. The zero-order valence-corrected chi connectivity index (χ0v) is 20.8. The summed E-state index contributed by atoms with van der Waals surface area (Å²) in [5.74, 6) is -0.785. The standard InChI is InChI=1S/C24H31N3O7S/c1-17(25-22(28)18-4-6-19(7-5-18)27(2)3)16-34-20-8-10-21(11-9-20)35(31,32)24(23(29)26-30)12-14-33-15-13-24/h4-11,17,30H,12-16H2,1-3H3,(H,25,28)(H,26,29)/t17-/m1/s1. The van der Waals surface area contributed by atoms with E-state index in [1.165, 1.54) is 29.7 Å². The number of nitrogens with zero attached hydrogens (tertiary/aromatic N) is 1. The molecule has 1 atom stereocenters. The number of sulfone groups is 1. The second kappa shape index (κ2) is 11.1. The van der Waals surface area contributed by atoms with Crippen LogP contribution in [0.15, 0.2) is 53.4 Å². The number of nitrogens with one attached hydrogen (secondary N) is 2. The molecule has 10 nitrogen and oxygen atoms in total. The molecule has 1 heterocycles. The molecule has 0 aromatic heterocycles. The van der Waals surface area contributed by atoms with Crippen molar-refractivity contribution < 1.29 is 32.7 Å². The Bertz CT molecular complexity index is 1130. The Kier molecular flexibility index (Phi) is 8.36. The van der Waals surface area contributed by atoms with Crippen molar-refractivity contribution in [2.45, 2.75) is 35.4 Å². The average molecular weight is 506 g/mol. The normalized spacial score (nSPS) is 16.1. The Morgan fingerprint density at radius 3 is 2.23 bits per heavy atom. The Morgan fingerprint density at radius 1 is 1.09 bits per heavy atom. The molecule has 1 fully saturated rings. The molecule has 1 aliphatic heterocycles. The maximum absolute atomic E-state index is 13.3. The molecule has 3 rings (SSSR count). The third-order valence-corrected chi connectivity index (χ3v) is 8.50. The molecule has 11 heteroatoms. The van der Waals surface area contributed by atoms with Crippen LogP contribution in [-0.4, -0.2) is 70.1 Å². The van der Waals surface area contributed by atoms with Gasteiger partial charge in [0, 0.05) is 38.6 Å². The van der Waals surface area contributed by atoms with E-state index >= 15 is 0 Å². The number of carbonyl (C=O) groups is 2. The summed E-state index contributed by atoms with van der Waals surface area (Å²) >= 11 is 0. The van der Waals surface area contributed by atoms with Crippen molar-refractivity contribution in [1.82, 2.24) is 10.8 Å². The largest absolute Gasteiger partial charge is 0.491 e. The summed E-state index contributed by atoms with van der Waals surface area (Å²) in [6, 6.07) is 12.6. The van der Waals surface area contributed by atoms with Gasteiger partial charge in [-0.1, -0.05) is 0 Å². The van der Waals surface area contributed by atoms with E-state index in [9.17, 15) is 18.0 Å². The predicted molar refractivity (Wildman–Crippen MR) is 130 cm³/mol. The van der Waals surface area contributed by atoms with Gasteiger partial charge < -0.3 is 19.7 Å². The van der Waals surface area contributed by atoms with Gasteiger partial charge in [0.25, 0.3) is 11.8 Å². The minimum absolute atomic E-state index is 0.0575. The van der Waals surface area contributed by atoms with E-state index in [-0.39, 0.29) is 49.5 Å². The number of benzene rings is 2. The van der Waals surface area contributed by atoms with Crippen LogP contribution in [0, 0.1) is 0 Å². The van der Waals surface area contributed by atoms with Gasteiger partial charge in [-0.05, 0) is 68.3 Å². The fraction of sp³-hybridized carbons (Fsp3) is 0.417. The summed E-state index contributed by atoms with van der Waals surface area (Å²) in [6.45, 7) is 2.16. The van der Waals surface area contributed by atoms with E-state index in [1.54, 1.807) is 19.1 Å². The average Bonchev–Trinajstić information content (AvgIpc) is 2.87. The predicted octanol–water partition coefficient (Wildman–Crippen LogP) is 1.78. The Labute approximate surface area is 205 Å². The van der Waals surface area contributed by atoms with Gasteiger partial charge in [-0.2, -0.15) is 0 Å². The first kappa shape index (κ1) is 26.5. The number of anilines is 1. The second-order valence-corrected chi connectivity index (χ2v) is 10.9. The summed E-state index contributed by atoms with van der Waals surface area (Å²) in [5, 5.41) is 12.0. The number of carbonyl (C=O) groups excluding carboxylic acids is 2. The fourth-order valence-electron chi connectivity index (χ4n) is 3.84. The molecule has 0 spiro atoms. The van der Waals surface area contributed by atoms with Gasteiger partial charge >= 0.3 is 0 Å². The van der Waals surface area contributed by atoms with Crippen LogP contribution in [0.1, 0.15) is 30.1 Å². The minimum Gasteiger partial charge on any atom is -0.491 e. The van der Waals surface area contributed by atoms with E-state index in [0.29, 0.717) is 11.3 Å².